The molecule has 0 amide bonds. The second-order valence-corrected chi connectivity index (χ2v) is 9.70. The number of hydrogen-bond acceptors (Lipinski definition) is 6. The smallest absolute Gasteiger partial charge is 0.418 e. The Morgan fingerprint density at radius 1 is 1.11 bits per heavy atom. The predicted molar refractivity (Wildman–Crippen MR) is 128 cm³/mol. The number of piperidine rings is 1. The molecule has 0 spiro atoms. The van der Waals surface area contributed by atoms with Gasteiger partial charge in [0.1, 0.15) is 6.17 Å². The van der Waals surface area contributed by atoms with Gasteiger partial charge in [-0.05, 0) is 61.6 Å². The van der Waals surface area contributed by atoms with Crippen molar-refractivity contribution < 1.29 is 32.0 Å². The summed E-state index contributed by atoms with van der Waals surface area (Å²) in [5.74, 6) is -0.579. The van der Waals surface area contributed by atoms with Gasteiger partial charge < -0.3 is 19.8 Å². The van der Waals surface area contributed by atoms with Crippen LogP contribution in [0.5, 0.6) is 0 Å². The Hall–Kier alpha value is -3.47. The molecule has 0 unspecified atom stereocenters. The van der Waals surface area contributed by atoms with Crippen LogP contribution in [0.3, 0.4) is 0 Å². The molecule has 1 aromatic heterocycles. The molecule has 1 aliphatic carbocycles. The minimum atomic E-state index is -4.60. The molecule has 37 heavy (non-hydrogen) atoms. The molecule has 3 aromatic rings. The summed E-state index contributed by atoms with van der Waals surface area (Å²) in [5, 5.41) is 16.3. The van der Waals surface area contributed by atoms with Crippen molar-refractivity contribution in [2.75, 3.05) is 24.5 Å². The molecule has 7 nitrogen and oxygen atoms in total. The number of rotatable bonds is 8. The van der Waals surface area contributed by atoms with Crippen LogP contribution < -0.4 is 10.2 Å². The Morgan fingerprint density at radius 3 is 2.41 bits per heavy atom. The molecule has 2 fully saturated rings. The minimum absolute atomic E-state index is 0.0204. The average Bonchev–Trinajstić information content (AvgIpc) is 3.51. The van der Waals surface area contributed by atoms with Crippen molar-refractivity contribution in [3.63, 3.8) is 0 Å². The van der Waals surface area contributed by atoms with Gasteiger partial charge in [0.05, 0.1) is 11.0 Å². The molecule has 11 heteroatoms. The number of carboxylic acid groups (broad SMARTS) is 1. The molecule has 5 rings (SSSR count). The zero-order valence-corrected chi connectivity index (χ0v) is 19.9. The Kier molecular flexibility index (Phi) is 6.65. The van der Waals surface area contributed by atoms with Gasteiger partial charge in [0.15, 0.2) is 0 Å². The van der Waals surface area contributed by atoms with E-state index in [0.29, 0.717) is 31.5 Å². The molecule has 1 aliphatic heterocycles. The van der Waals surface area contributed by atoms with Crippen molar-refractivity contribution in [3.05, 3.63) is 53.6 Å². The number of carboxylic acids is 1. The number of aliphatic carboxylic acids is 1. The maximum atomic E-state index is 13.9. The van der Waals surface area contributed by atoms with Crippen LogP contribution >= 0.6 is 0 Å². The van der Waals surface area contributed by atoms with Crippen LogP contribution in [-0.4, -0.2) is 47.0 Å². The lowest BCUT2D eigenvalue weighted by atomic mass is 10.0. The van der Waals surface area contributed by atoms with Crippen LogP contribution in [0.4, 0.5) is 23.2 Å². The van der Waals surface area contributed by atoms with Crippen molar-refractivity contribution >= 4 is 11.7 Å². The van der Waals surface area contributed by atoms with Crippen molar-refractivity contribution in [1.82, 2.24) is 15.5 Å². The third-order valence-electron chi connectivity index (χ3n) is 7.05. The second kappa shape index (κ2) is 9.77. The van der Waals surface area contributed by atoms with E-state index in [-0.39, 0.29) is 48.9 Å². The summed E-state index contributed by atoms with van der Waals surface area (Å²) >= 11 is 0. The SMILES string of the molecule is O=C(O)C1(CNCc2ccc(-c3nc(-c4ccc(N5CCC(F)CC5)c(C(F)(F)F)c4)no3)cc2)CC1. The maximum Gasteiger partial charge on any atom is 0.418 e. The summed E-state index contributed by atoms with van der Waals surface area (Å²) in [6.45, 7) is 1.35. The van der Waals surface area contributed by atoms with Gasteiger partial charge in [-0.15, -0.1) is 0 Å². The lowest BCUT2D eigenvalue weighted by molar-refractivity contribution is -0.143. The molecule has 1 saturated carbocycles. The fourth-order valence-corrected chi connectivity index (χ4v) is 4.55. The van der Waals surface area contributed by atoms with E-state index in [1.807, 2.05) is 12.1 Å². The molecule has 2 heterocycles. The molecular weight excluding hydrogens is 492 g/mol. The fraction of sp³-hybridized carbons (Fsp3) is 0.423. The monoisotopic (exact) mass is 518 g/mol. The van der Waals surface area contributed by atoms with Gasteiger partial charge in [0.2, 0.25) is 5.82 Å². The van der Waals surface area contributed by atoms with E-state index < -0.39 is 29.3 Å². The highest BCUT2D eigenvalue weighted by molar-refractivity contribution is 5.78. The van der Waals surface area contributed by atoms with Gasteiger partial charge in [-0.25, -0.2) is 4.39 Å². The first kappa shape index (κ1) is 25.2. The Labute approximate surface area is 210 Å². The molecule has 1 saturated heterocycles. The lowest BCUT2D eigenvalue weighted by Gasteiger charge is -2.32. The van der Waals surface area contributed by atoms with Gasteiger partial charge in [-0.2, -0.15) is 18.2 Å². The first-order valence-electron chi connectivity index (χ1n) is 12.1. The molecule has 2 aromatic carbocycles. The topological polar surface area (TPSA) is 91.5 Å². The van der Waals surface area contributed by atoms with Crippen LogP contribution in [0, 0.1) is 5.41 Å². The fourth-order valence-electron chi connectivity index (χ4n) is 4.55. The molecule has 196 valence electrons. The largest absolute Gasteiger partial charge is 0.481 e. The van der Waals surface area contributed by atoms with Gasteiger partial charge in [-0.1, -0.05) is 17.3 Å². The summed E-state index contributed by atoms with van der Waals surface area (Å²) in [5.41, 5.74) is 0.267. The van der Waals surface area contributed by atoms with E-state index >= 15 is 0 Å². The zero-order chi connectivity index (χ0) is 26.2. The maximum absolute atomic E-state index is 13.9. The highest BCUT2D eigenvalue weighted by Gasteiger charge is 2.49. The number of aromatic nitrogens is 2. The summed E-state index contributed by atoms with van der Waals surface area (Å²) < 4.78 is 60.4. The Morgan fingerprint density at radius 2 is 1.78 bits per heavy atom. The molecule has 2 aliphatic rings. The molecular formula is C26H26F4N4O3. The molecule has 0 atom stereocenters. The molecule has 0 bridgehead atoms. The molecule has 0 radical (unpaired) electrons. The van der Waals surface area contributed by atoms with Crippen molar-refractivity contribution in [2.45, 2.75) is 44.6 Å². The van der Waals surface area contributed by atoms with E-state index in [0.717, 1.165) is 11.6 Å². The van der Waals surface area contributed by atoms with Gasteiger partial charge in [0, 0.05) is 43.0 Å². The summed E-state index contributed by atoms with van der Waals surface area (Å²) in [7, 11) is 0. The third kappa shape index (κ3) is 5.46. The summed E-state index contributed by atoms with van der Waals surface area (Å²) in [4.78, 5) is 17.1. The zero-order valence-electron chi connectivity index (χ0n) is 19.9. The number of anilines is 1. The summed E-state index contributed by atoms with van der Waals surface area (Å²) in [6.07, 6.45) is -3.83. The highest BCUT2D eigenvalue weighted by atomic mass is 19.4. The normalized spacial score (nSPS) is 17.7. The first-order valence-corrected chi connectivity index (χ1v) is 12.1. The lowest BCUT2D eigenvalue weighted by Crippen LogP contribution is -2.35. The number of carbonyl (C=O) groups is 1. The minimum Gasteiger partial charge on any atom is -0.481 e. The van der Waals surface area contributed by atoms with Gasteiger partial charge in [0.25, 0.3) is 5.89 Å². The van der Waals surface area contributed by atoms with Crippen LogP contribution in [0.2, 0.25) is 0 Å². The van der Waals surface area contributed by atoms with Crippen LogP contribution in [0.15, 0.2) is 47.0 Å². The van der Waals surface area contributed by atoms with Crippen molar-refractivity contribution in [1.29, 1.82) is 0 Å². The van der Waals surface area contributed by atoms with Crippen molar-refractivity contribution in [2.24, 2.45) is 5.41 Å². The number of benzene rings is 2. The van der Waals surface area contributed by atoms with E-state index in [4.69, 9.17) is 4.52 Å². The van der Waals surface area contributed by atoms with E-state index in [2.05, 4.69) is 15.5 Å². The first-order chi connectivity index (χ1) is 17.6. The van der Waals surface area contributed by atoms with Crippen LogP contribution in [0.1, 0.15) is 36.8 Å². The summed E-state index contributed by atoms with van der Waals surface area (Å²) in [6, 6.07) is 11.1. The Bertz CT molecular complexity index is 1260. The average molecular weight is 519 g/mol. The number of alkyl halides is 4. The van der Waals surface area contributed by atoms with E-state index in [1.165, 1.54) is 12.1 Å². The number of hydrogen-bond donors (Lipinski definition) is 2. The number of halogens is 4. The van der Waals surface area contributed by atoms with Crippen LogP contribution in [-0.2, 0) is 17.5 Å². The van der Waals surface area contributed by atoms with Crippen LogP contribution in [0.25, 0.3) is 22.8 Å². The third-order valence-corrected chi connectivity index (χ3v) is 7.05. The highest BCUT2D eigenvalue weighted by Crippen LogP contribution is 2.45. The van der Waals surface area contributed by atoms with Gasteiger partial charge in [-0.3, -0.25) is 4.79 Å². The number of nitrogens with one attached hydrogen (secondary N) is 1. The quantitative estimate of drug-likeness (QED) is 0.390. The Balaban J connectivity index is 1.29. The second-order valence-electron chi connectivity index (χ2n) is 9.70. The molecule has 2 N–H and O–H groups in total. The van der Waals surface area contributed by atoms with E-state index in [9.17, 15) is 27.5 Å². The number of nitrogens with zero attached hydrogens (tertiary/aromatic N) is 3. The standard InChI is InChI=1S/C26H26F4N4O3/c27-19-7-11-34(12-8-19)21-6-5-18(13-20(21)26(28,29)30)22-32-23(37-33-22)17-3-1-16(2-4-17)14-31-15-25(9-10-25)24(35)36/h1-6,13,19,31H,7-12,14-15H2,(H,35,36). The van der Waals surface area contributed by atoms with E-state index in [1.54, 1.807) is 17.0 Å². The van der Waals surface area contributed by atoms with Gasteiger partial charge >= 0.3 is 12.1 Å². The van der Waals surface area contributed by atoms with Crippen molar-refractivity contribution in [3.8, 4) is 22.8 Å². The predicted octanol–water partition coefficient (Wildman–Crippen LogP) is 5.32.